The van der Waals surface area contributed by atoms with Crippen LogP contribution in [0.15, 0.2) is 59.1 Å². The summed E-state index contributed by atoms with van der Waals surface area (Å²) >= 11 is 0. The van der Waals surface area contributed by atoms with Gasteiger partial charge in [0.2, 0.25) is 5.89 Å². The number of aliphatic carboxylic acids is 1. The zero-order valence-electron chi connectivity index (χ0n) is 17.2. The van der Waals surface area contributed by atoms with Gasteiger partial charge < -0.3 is 14.3 Å². The number of hydrogen-bond acceptors (Lipinski definition) is 5. The van der Waals surface area contributed by atoms with Crippen LogP contribution in [0.3, 0.4) is 0 Å². The molecule has 0 spiro atoms. The highest BCUT2D eigenvalue weighted by molar-refractivity contribution is 5.68. The van der Waals surface area contributed by atoms with Gasteiger partial charge in [0, 0.05) is 18.5 Å². The van der Waals surface area contributed by atoms with Crippen LogP contribution in [0.1, 0.15) is 48.1 Å². The summed E-state index contributed by atoms with van der Waals surface area (Å²) in [5.41, 5.74) is 1.77. The molecule has 1 aliphatic heterocycles. The SMILES string of the molecule is O=C(O)COc1ccccc1CN1CCCC[C@H]1c1ncc(Cc2cccc(F)c2)o1. The van der Waals surface area contributed by atoms with Crippen LogP contribution in [0.5, 0.6) is 5.75 Å². The fourth-order valence-electron chi connectivity index (χ4n) is 4.00. The molecule has 1 atom stereocenters. The van der Waals surface area contributed by atoms with Crippen molar-refractivity contribution in [3.8, 4) is 5.75 Å². The maximum Gasteiger partial charge on any atom is 0.341 e. The zero-order chi connectivity index (χ0) is 21.6. The Morgan fingerprint density at radius 2 is 2.10 bits per heavy atom. The summed E-state index contributed by atoms with van der Waals surface area (Å²) in [5.74, 6) is 0.676. The first kappa shape index (κ1) is 21.1. The molecular formula is C24H25FN2O4. The van der Waals surface area contributed by atoms with E-state index in [0.717, 1.165) is 36.9 Å². The number of piperidine rings is 1. The summed E-state index contributed by atoms with van der Waals surface area (Å²) < 4.78 is 25.0. The third-order valence-electron chi connectivity index (χ3n) is 5.43. The van der Waals surface area contributed by atoms with Crippen molar-refractivity contribution in [3.05, 3.63) is 83.3 Å². The van der Waals surface area contributed by atoms with Gasteiger partial charge in [0.15, 0.2) is 6.61 Å². The number of hydrogen-bond donors (Lipinski definition) is 1. The molecule has 2 aromatic carbocycles. The minimum Gasteiger partial charge on any atom is -0.482 e. The molecule has 0 radical (unpaired) electrons. The number of carbonyl (C=O) groups is 1. The fraction of sp³-hybridized carbons (Fsp3) is 0.333. The number of oxazole rings is 1. The Balaban J connectivity index is 1.49. The van der Waals surface area contributed by atoms with Crippen molar-refractivity contribution in [1.29, 1.82) is 0 Å². The predicted molar refractivity (Wildman–Crippen MR) is 112 cm³/mol. The van der Waals surface area contributed by atoms with Crippen molar-refractivity contribution in [2.24, 2.45) is 0 Å². The van der Waals surface area contributed by atoms with E-state index in [-0.39, 0.29) is 18.5 Å². The smallest absolute Gasteiger partial charge is 0.341 e. The average Bonchev–Trinajstić information content (AvgIpc) is 3.22. The molecule has 0 amide bonds. The number of benzene rings is 2. The third-order valence-corrected chi connectivity index (χ3v) is 5.43. The van der Waals surface area contributed by atoms with E-state index < -0.39 is 5.97 Å². The lowest BCUT2D eigenvalue weighted by Crippen LogP contribution is -2.33. The number of carboxylic acid groups (broad SMARTS) is 1. The van der Waals surface area contributed by atoms with Crippen LogP contribution in [0.4, 0.5) is 4.39 Å². The van der Waals surface area contributed by atoms with Gasteiger partial charge in [-0.1, -0.05) is 36.8 Å². The van der Waals surface area contributed by atoms with E-state index in [9.17, 15) is 9.18 Å². The topological polar surface area (TPSA) is 75.8 Å². The molecule has 7 heteroatoms. The van der Waals surface area contributed by atoms with Crippen LogP contribution < -0.4 is 4.74 Å². The summed E-state index contributed by atoms with van der Waals surface area (Å²) in [4.78, 5) is 17.7. The number of likely N-dealkylation sites (tertiary alicyclic amines) is 1. The Morgan fingerprint density at radius 1 is 1.23 bits per heavy atom. The number of rotatable bonds is 8. The molecule has 3 aromatic rings. The Morgan fingerprint density at radius 3 is 2.94 bits per heavy atom. The molecule has 0 aliphatic carbocycles. The summed E-state index contributed by atoms with van der Waals surface area (Å²) in [5, 5.41) is 8.92. The van der Waals surface area contributed by atoms with E-state index in [2.05, 4.69) is 9.88 Å². The van der Waals surface area contributed by atoms with Gasteiger partial charge in [0.25, 0.3) is 0 Å². The molecule has 0 saturated carbocycles. The van der Waals surface area contributed by atoms with Crippen molar-refractivity contribution in [2.45, 2.75) is 38.3 Å². The molecule has 2 heterocycles. The summed E-state index contributed by atoms with van der Waals surface area (Å²) in [6, 6.07) is 14.0. The van der Waals surface area contributed by atoms with E-state index in [0.29, 0.717) is 30.4 Å². The van der Waals surface area contributed by atoms with Gasteiger partial charge in [-0.05, 0) is 43.1 Å². The minimum absolute atomic E-state index is 0.0301. The molecule has 0 unspecified atom stereocenters. The molecule has 0 bridgehead atoms. The first-order chi connectivity index (χ1) is 15.1. The molecule has 6 nitrogen and oxygen atoms in total. The summed E-state index contributed by atoms with van der Waals surface area (Å²) in [6.45, 7) is 1.13. The van der Waals surface area contributed by atoms with E-state index >= 15 is 0 Å². The van der Waals surface area contributed by atoms with Gasteiger partial charge in [0.1, 0.15) is 17.3 Å². The number of halogens is 1. The molecule has 1 fully saturated rings. The van der Waals surface area contributed by atoms with Gasteiger partial charge in [-0.3, -0.25) is 4.90 Å². The van der Waals surface area contributed by atoms with Crippen molar-refractivity contribution < 1.29 is 23.4 Å². The molecule has 1 N–H and O–H groups in total. The lowest BCUT2D eigenvalue weighted by Gasteiger charge is -2.34. The van der Waals surface area contributed by atoms with E-state index in [1.165, 1.54) is 12.1 Å². The normalized spacial score (nSPS) is 16.9. The number of aromatic nitrogens is 1. The Labute approximate surface area is 180 Å². The molecule has 162 valence electrons. The van der Waals surface area contributed by atoms with E-state index in [4.69, 9.17) is 14.3 Å². The maximum absolute atomic E-state index is 13.5. The van der Waals surface area contributed by atoms with Crippen LogP contribution >= 0.6 is 0 Å². The van der Waals surface area contributed by atoms with E-state index in [1.54, 1.807) is 18.3 Å². The molecule has 31 heavy (non-hydrogen) atoms. The van der Waals surface area contributed by atoms with Gasteiger partial charge in [-0.25, -0.2) is 14.2 Å². The number of carboxylic acids is 1. The largest absolute Gasteiger partial charge is 0.482 e. The van der Waals surface area contributed by atoms with Crippen molar-refractivity contribution >= 4 is 5.97 Å². The second kappa shape index (κ2) is 9.75. The fourth-order valence-corrected chi connectivity index (χ4v) is 4.00. The van der Waals surface area contributed by atoms with Gasteiger partial charge in [0.05, 0.1) is 12.2 Å². The van der Waals surface area contributed by atoms with Crippen LogP contribution in [0, 0.1) is 5.82 Å². The standard InChI is InChI=1S/C24H25FN2O4/c25-19-8-5-6-17(12-19)13-20-14-26-24(31-20)21-9-3-4-11-27(21)15-18-7-1-2-10-22(18)30-16-23(28)29/h1-2,5-8,10,12,14,21H,3-4,9,11,13,15-16H2,(H,28,29)/t21-/m0/s1. The Kier molecular flexibility index (Phi) is 6.62. The lowest BCUT2D eigenvalue weighted by molar-refractivity contribution is -0.139. The lowest BCUT2D eigenvalue weighted by atomic mass is 10.0. The zero-order valence-corrected chi connectivity index (χ0v) is 17.2. The van der Waals surface area contributed by atoms with Crippen LogP contribution in [0.2, 0.25) is 0 Å². The van der Waals surface area contributed by atoms with Crippen LogP contribution in [0.25, 0.3) is 0 Å². The third kappa shape index (κ3) is 5.49. The molecular weight excluding hydrogens is 399 g/mol. The molecule has 1 saturated heterocycles. The second-order valence-corrected chi connectivity index (χ2v) is 7.74. The Bertz CT molecular complexity index is 1040. The highest BCUT2D eigenvalue weighted by Crippen LogP contribution is 2.33. The number of ether oxygens (including phenoxy) is 1. The van der Waals surface area contributed by atoms with Crippen LogP contribution in [-0.2, 0) is 17.8 Å². The highest BCUT2D eigenvalue weighted by Gasteiger charge is 2.28. The Hall–Kier alpha value is -3.19. The highest BCUT2D eigenvalue weighted by atomic mass is 19.1. The first-order valence-electron chi connectivity index (χ1n) is 10.4. The minimum atomic E-state index is -1.00. The van der Waals surface area contributed by atoms with E-state index in [1.807, 2.05) is 24.3 Å². The number of nitrogens with zero attached hydrogens (tertiary/aromatic N) is 2. The van der Waals surface area contributed by atoms with Crippen molar-refractivity contribution in [1.82, 2.24) is 9.88 Å². The van der Waals surface area contributed by atoms with Gasteiger partial charge in [-0.15, -0.1) is 0 Å². The quantitative estimate of drug-likeness (QED) is 0.570. The number of para-hydroxylation sites is 1. The molecule has 1 aliphatic rings. The van der Waals surface area contributed by atoms with Crippen LogP contribution in [-0.4, -0.2) is 34.1 Å². The van der Waals surface area contributed by atoms with Crippen molar-refractivity contribution in [2.75, 3.05) is 13.2 Å². The maximum atomic E-state index is 13.5. The first-order valence-corrected chi connectivity index (χ1v) is 10.4. The summed E-state index contributed by atoms with van der Waals surface area (Å²) in [6.07, 6.45) is 5.30. The van der Waals surface area contributed by atoms with Gasteiger partial charge >= 0.3 is 5.97 Å². The average molecular weight is 424 g/mol. The van der Waals surface area contributed by atoms with Crippen molar-refractivity contribution in [3.63, 3.8) is 0 Å². The second-order valence-electron chi connectivity index (χ2n) is 7.74. The molecule has 1 aromatic heterocycles. The molecule has 4 rings (SSSR count). The monoisotopic (exact) mass is 424 g/mol. The predicted octanol–water partition coefficient (Wildman–Crippen LogP) is 4.60. The van der Waals surface area contributed by atoms with Gasteiger partial charge in [-0.2, -0.15) is 0 Å². The summed E-state index contributed by atoms with van der Waals surface area (Å²) in [7, 11) is 0.